The van der Waals surface area contributed by atoms with E-state index < -0.39 is 0 Å². The van der Waals surface area contributed by atoms with Crippen LogP contribution in [0.5, 0.6) is 0 Å². The van der Waals surface area contributed by atoms with Crippen LogP contribution in [0.3, 0.4) is 0 Å². The number of pyridine rings is 1. The van der Waals surface area contributed by atoms with Crippen molar-refractivity contribution in [3.8, 4) is 0 Å². The molecule has 106 valence electrons. The minimum atomic E-state index is -0.209. The second-order valence-corrected chi connectivity index (χ2v) is 4.84. The number of hydrogen-bond acceptors (Lipinski definition) is 3. The van der Waals surface area contributed by atoms with Crippen molar-refractivity contribution in [2.24, 2.45) is 0 Å². The zero-order chi connectivity index (χ0) is 14.1. The zero-order valence-corrected chi connectivity index (χ0v) is 12.4. The summed E-state index contributed by atoms with van der Waals surface area (Å²) in [6, 6.07) is 1.50. The van der Waals surface area contributed by atoms with Gasteiger partial charge < -0.3 is 10.1 Å². The maximum atomic E-state index is 11.7. The normalized spacial score (nSPS) is 10.5. The molecule has 0 unspecified atom stereocenters. The summed E-state index contributed by atoms with van der Waals surface area (Å²) in [6.45, 7) is 4.11. The van der Waals surface area contributed by atoms with Crippen LogP contribution in [0.25, 0.3) is 0 Å². The third-order valence-electron chi connectivity index (χ3n) is 2.45. The number of halogens is 2. The Morgan fingerprint density at radius 1 is 1.37 bits per heavy atom. The van der Waals surface area contributed by atoms with Crippen molar-refractivity contribution in [2.75, 3.05) is 19.8 Å². The molecular weight excluding hydrogens is 287 g/mol. The average Bonchev–Trinajstić information content (AvgIpc) is 2.40. The van der Waals surface area contributed by atoms with Crippen LogP contribution < -0.4 is 5.32 Å². The smallest absolute Gasteiger partial charge is 0.252 e. The Kier molecular flexibility index (Phi) is 7.79. The first-order chi connectivity index (χ1) is 9.15. The summed E-state index contributed by atoms with van der Waals surface area (Å²) in [7, 11) is 0. The maximum absolute atomic E-state index is 11.7. The molecule has 0 atom stereocenters. The number of hydrogen-bond donors (Lipinski definition) is 1. The van der Waals surface area contributed by atoms with E-state index >= 15 is 0 Å². The third kappa shape index (κ3) is 6.23. The Balaban J connectivity index is 2.22. The number of rotatable bonds is 8. The number of carbonyl (C=O) groups is 1. The van der Waals surface area contributed by atoms with Crippen molar-refractivity contribution >= 4 is 29.1 Å². The van der Waals surface area contributed by atoms with Gasteiger partial charge in [0, 0.05) is 26.0 Å². The van der Waals surface area contributed by atoms with E-state index in [-0.39, 0.29) is 16.1 Å². The van der Waals surface area contributed by atoms with E-state index in [4.69, 9.17) is 27.9 Å². The highest BCUT2D eigenvalue weighted by Gasteiger charge is 2.08. The van der Waals surface area contributed by atoms with E-state index in [2.05, 4.69) is 17.2 Å². The first kappa shape index (κ1) is 16.2. The summed E-state index contributed by atoms with van der Waals surface area (Å²) in [6.07, 6.45) is 4.38. The van der Waals surface area contributed by atoms with Crippen LogP contribution in [0.1, 0.15) is 36.5 Å². The molecule has 1 aromatic rings. The molecule has 0 radical (unpaired) electrons. The van der Waals surface area contributed by atoms with E-state index in [0.29, 0.717) is 18.7 Å². The van der Waals surface area contributed by atoms with Gasteiger partial charge >= 0.3 is 0 Å². The van der Waals surface area contributed by atoms with Crippen LogP contribution in [0, 0.1) is 0 Å². The molecule has 0 bridgehead atoms. The highest BCUT2D eigenvalue weighted by Crippen LogP contribution is 2.19. The van der Waals surface area contributed by atoms with Gasteiger partial charge in [-0.3, -0.25) is 4.79 Å². The first-order valence-electron chi connectivity index (χ1n) is 6.32. The van der Waals surface area contributed by atoms with Gasteiger partial charge in [-0.1, -0.05) is 36.5 Å². The highest BCUT2D eigenvalue weighted by molar-refractivity contribution is 6.41. The van der Waals surface area contributed by atoms with Crippen molar-refractivity contribution in [2.45, 2.75) is 26.2 Å². The van der Waals surface area contributed by atoms with Crippen LogP contribution in [0.4, 0.5) is 0 Å². The fraction of sp³-hybridized carbons (Fsp3) is 0.538. The fourth-order valence-electron chi connectivity index (χ4n) is 1.37. The van der Waals surface area contributed by atoms with Crippen LogP contribution in [-0.2, 0) is 4.74 Å². The summed E-state index contributed by atoms with van der Waals surface area (Å²) >= 11 is 11.5. The van der Waals surface area contributed by atoms with E-state index in [1.165, 1.54) is 12.3 Å². The summed E-state index contributed by atoms with van der Waals surface area (Å²) in [4.78, 5) is 15.6. The summed E-state index contributed by atoms with van der Waals surface area (Å²) in [5.41, 5.74) is 0.404. The number of aromatic nitrogens is 1. The lowest BCUT2D eigenvalue weighted by Gasteiger charge is -2.06. The van der Waals surface area contributed by atoms with Crippen LogP contribution in [0.2, 0.25) is 10.2 Å². The quantitative estimate of drug-likeness (QED) is 0.592. The molecule has 0 fully saturated rings. The van der Waals surface area contributed by atoms with E-state index in [0.717, 1.165) is 25.9 Å². The average molecular weight is 305 g/mol. The number of ether oxygens (including phenoxy) is 1. The molecule has 4 nitrogen and oxygen atoms in total. The predicted molar refractivity (Wildman–Crippen MR) is 76.9 cm³/mol. The number of nitrogens with zero attached hydrogens (tertiary/aromatic N) is 1. The topological polar surface area (TPSA) is 51.2 Å². The van der Waals surface area contributed by atoms with Gasteiger partial charge in [-0.15, -0.1) is 0 Å². The Hall–Kier alpha value is -0.840. The number of unbranched alkanes of at least 4 members (excludes halogenated alkanes) is 1. The minimum Gasteiger partial charge on any atom is -0.381 e. The molecule has 0 saturated heterocycles. The molecule has 1 amide bonds. The summed E-state index contributed by atoms with van der Waals surface area (Å²) in [5.74, 6) is -0.209. The lowest BCUT2D eigenvalue weighted by molar-refractivity contribution is 0.0940. The van der Waals surface area contributed by atoms with Gasteiger partial charge in [0.15, 0.2) is 0 Å². The molecule has 0 aliphatic heterocycles. The highest BCUT2D eigenvalue weighted by atomic mass is 35.5. The molecule has 0 aromatic carbocycles. The standard InChI is InChI=1S/C13H18Cl2N2O2/c1-2-3-6-19-7-4-5-16-13(18)10-8-11(14)12(15)17-9-10/h8-9H,2-7H2,1H3,(H,16,18). The van der Waals surface area contributed by atoms with Crippen molar-refractivity contribution in [1.82, 2.24) is 10.3 Å². The molecule has 1 rings (SSSR count). The molecule has 19 heavy (non-hydrogen) atoms. The van der Waals surface area contributed by atoms with Gasteiger partial charge in [0.05, 0.1) is 10.6 Å². The zero-order valence-electron chi connectivity index (χ0n) is 10.9. The summed E-state index contributed by atoms with van der Waals surface area (Å²) < 4.78 is 5.39. The van der Waals surface area contributed by atoms with Crippen LogP contribution in [-0.4, -0.2) is 30.6 Å². The van der Waals surface area contributed by atoms with Crippen molar-refractivity contribution in [3.63, 3.8) is 0 Å². The second-order valence-electron chi connectivity index (χ2n) is 4.07. The van der Waals surface area contributed by atoms with Gasteiger partial charge in [0.1, 0.15) is 5.15 Å². The van der Waals surface area contributed by atoms with E-state index in [1.54, 1.807) is 0 Å². The first-order valence-corrected chi connectivity index (χ1v) is 7.07. The number of nitrogens with one attached hydrogen (secondary N) is 1. The van der Waals surface area contributed by atoms with Gasteiger partial charge in [0.2, 0.25) is 0 Å². The van der Waals surface area contributed by atoms with Crippen molar-refractivity contribution in [1.29, 1.82) is 0 Å². The van der Waals surface area contributed by atoms with Crippen LogP contribution >= 0.6 is 23.2 Å². The van der Waals surface area contributed by atoms with E-state index in [9.17, 15) is 4.79 Å². The van der Waals surface area contributed by atoms with E-state index in [1.807, 2.05) is 0 Å². The van der Waals surface area contributed by atoms with Crippen LogP contribution in [0.15, 0.2) is 12.3 Å². The Morgan fingerprint density at radius 2 is 2.11 bits per heavy atom. The third-order valence-corrected chi connectivity index (χ3v) is 3.14. The molecule has 1 heterocycles. The largest absolute Gasteiger partial charge is 0.381 e. The van der Waals surface area contributed by atoms with Gasteiger partial charge in [-0.2, -0.15) is 0 Å². The van der Waals surface area contributed by atoms with Gasteiger partial charge in [-0.25, -0.2) is 4.98 Å². The van der Waals surface area contributed by atoms with Crippen molar-refractivity contribution < 1.29 is 9.53 Å². The number of carbonyl (C=O) groups excluding carboxylic acids is 1. The Bertz CT molecular complexity index is 414. The Morgan fingerprint density at radius 3 is 2.79 bits per heavy atom. The maximum Gasteiger partial charge on any atom is 0.252 e. The molecule has 0 aliphatic carbocycles. The fourth-order valence-corrected chi connectivity index (χ4v) is 1.64. The lowest BCUT2D eigenvalue weighted by atomic mass is 10.2. The van der Waals surface area contributed by atoms with Gasteiger partial charge in [0.25, 0.3) is 5.91 Å². The predicted octanol–water partition coefficient (Wildman–Crippen LogP) is 3.33. The second kappa shape index (κ2) is 9.13. The molecule has 0 spiro atoms. The number of amides is 1. The Labute approximate surface area is 123 Å². The monoisotopic (exact) mass is 304 g/mol. The minimum absolute atomic E-state index is 0.197. The molecular formula is C13H18Cl2N2O2. The molecule has 1 N–H and O–H groups in total. The molecule has 0 saturated carbocycles. The summed E-state index contributed by atoms with van der Waals surface area (Å²) in [5, 5.41) is 3.25. The molecule has 6 heteroatoms. The SMILES string of the molecule is CCCCOCCCNC(=O)c1cnc(Cl)c(Cl)c1. The molecule has 0 aliphatic rings. The molecule has 1 aromatic heterocycles. The lowest BCUT2D eigenvalue weighted by Crippen LogP contribution is -2.25. The van der Waals surface area contributed by atoms with Gasteiger partial charge in [-0.05, 0) is 18.9 Å². The van der Waals surface area contributed by atoms with Crippen molar-refractivity contribution in [3.05, 3.63) is 28.0 Å².